The summed E-state index contributed by atoms with van der Waals surface area (Å²) in [5, 5.41) is 13.1. The maximum Gasteiger partial charge on any atom is 0.164 e. The van der Waals surface area contributed by atoms with Crippen LogP contribution in [0.3, 0.4) is 0 Å². The van der Waals surface area contributed by atoms with Crippen LogP contribution in [0.2, 0.25) is 0 Å². The molecule has 0 atom stereocenters. The predicted octanol–water partition coefficient (Wildman–Crippen LogP) is 4.02. The first kappa shape index (κ1) is 13.2. The molecule has 0 amide bonds. The van der Waals surface area contributed by atoms with Crippen molar-refractivity contribution >= 4 is 31.9 Å². The Bertz CT molecular complexity index is 671. The standard InChI is InChI=1S/C12H8Br2FN3/c1-6-10(13)7(2)18(17-6)9-4-3-8(5-16)11(14)12(9)15/h3-4H,1-2H3. The van der Waals surface area contributed by atoms with Gasteiger partial charge in [-0.15, -0.1) is 0 Å². The smallest absolute Gasteiger partial charge is 0.164 e. The normalized spacial score (nSPS) is 10.4. The van der Waals surface area contributed by atoms with Crippen LogP contribution in [0, 0.1) is 31.0 Å². The van der Waals surface area contributed by atoms with Crippen LogP contribution >= 0.6 is 31.9 Å². The lowest BCUT2D eigenvalue weighted by molar-refractivity contribution is 0.601. The Labute approximate surface area is 120 Å². The number of hydrogen-bond acceptors (Lipinski definition) is 2. The summed E-state index contributed by atoms with van der Waals surface area (Å²) in [5.74, 6) is -0.493. The van der Waals surface area contributed by atoms with Gasteiger partial charge in [-0.1, -0.05) is 0 Å². The van der Waals surface area contributed by atoms with E-state index >= 15 is 0 Å². The quantitative estimate of drug-likeness (QED) is 0.758. The van der Waals surface area contributed by atoms with Crippen molar-refractivity contribution < 1.29 is 4.39 Å². The number of aryl methyl sites for hydroxylation is 1. The van der Waals surface area contributed by atoms with Crippen molar-refractivity contribution in [2.75, 3.05) is 0 Å². The monoisotopic (exact) mass is 371 g/mol. The molecule has 92 valence electrons. The lowest BCUT2D eigenvalue weighted by Crippen LogP contribution is -2.03. The summed E-state index contributed by atoms with van der Waals surface area (Å²) in [5.41, 5.74) is 2.17. The molecule has 3 nitrogen and oxygen atoms in total. The van der Waals surface area contributed by atoms with E-state index in [9.17, 15) is 4.39 Å². The number of nitriles is 1. The van der Waals surface area contributed by atoms with Gasteiger partial charge in [0, 0.05) is 0 Å². The molecule has 0 radical (unpaired) electrons. The Morgan fingerprint density at radius 2 is 1.94 bits per heavy atom. The van der Waals surface area contributed by atoms with Gasteiger partial charge in [0.15, 0.2) is 5.82 Å². The zero-order valence-corrected chi connectivity index (χ0v) is 12.8. The molecule has 0 bridgehead atoms. The third-order valence-corrected chi connectivity index (χ3v) is 4.54. The van der Waals surface area contributed by atoms with Crippen LogP contribution in [0.4, 0.5) is 4.39 Å². The Kier molecular flexibility index (Phi) is 3.55. The van der Waals surface area contributed by atoms with E-state index in [2.05, 4.69) is 37.0 Å². The van der Waals surface area contributed by atoms with Gasteiger partial charge in [-0.25, -0.2) is 9.07 Å². The van der Waals surface area contributed by atoms with Crippen LogP contribution in [-0.4, -0.2) is 9.78 Å². The lowest BCUT2D eigenvalue weighted by atomic mass is 10.2. The zero-order chi connectivity index (χ0) is 13.4. The minimum Gasteiger partial charge on any atom is -0.234 e. The molecule has 6 heteroatoms. The van der Waals surface area contributed by atoms with Gasteiger partial charge < -0.3 is 0 Å². The van der Waals surface area contributed by atoms with Crippen LogP contribution < -0.4 is 0 Å². The Balaban J connectivity index is 2.70. The molecule has 2 aromatic rings. The molecule has 2 rings (SSSR count). The summed E-state index contributed by atoms with van der Waals surface area (Å²) in [6, 6.07) is 5.03. The summed E-state index contributed by atoms with van der Waals surface area (Å²) in [6.07, 6.45) is 0. The summed E-state index contributed by atoms with van der Waals surface area (Å²) < 4.78 is 16.7. The number of aromatic nitrogens is 2. The van der Waals surface area contributed by atoms with Crippen LogP contribution in [0.25, 0.3) is 5.69 Å². The second-order valence-corrected chi connectivity index (χ2v) is 5.35. The predicted molar refractivity (Wildman–Crippen MR) is 73.1 cm³/mol. The van der Waals surface area contributed by atoms with Crippen molar-refractivity contribution in [3.05, 3.63) is 43.8 Å². The van der Waals surface area contributed by atoms with Crippen molar-refractivity contribution in [3.8, 4) is 11.8 Å². The second-order valence-electron chi connectivity index (χ2n) is 3.77. The number of nitrogens with zero attached hydrogens (tertiary/aromatic N) is 3. The molecule has 0 spiro atoms. The molecule has 0 saturated heterocycles. The highest BCUT2D eigenvalue weighted by molar-refractivity contribution is 9.10. The zero-order valence-electron chi connectivity index (χ0n) is 9.63. The SMILES string of the molecule is Cc1nn(-c2ccc(C#N)c(Br)c2F)c(C)c1Br. The van der Waals surface area contributed by atoms with Crippen molar-refractivity contribution in [1.82, 2.24) is 9.78 Å². The van der Waals surface area contributed by atoms with Gasteiger partial charge in [0.05, 0.1) is 25.9 Å². The number of hydrogen-bond donors (Lipinski definition) is 0. The van der Waals surface area contributed by atoms with Crippen molar-refractivity contribution in [2.24, 2.45) is 0 Å². The fourth-order valence-corrected chi connectivity index (χ4v) is 2.32. The fraction of sp³-hybridized carbons (Fsp3) is 0.167. The highest BCUT2D eigenvalue weighted by atomic mass is 79.9. The van der Waals surface area contributed by atoms with Crippen molar-refractivity contribution in [2.45, 2.75) is 13.8 Å². The molecule has 18 heavy (non-hydrogen) atoms. The number of halogens is 3. The largest absolute Gasteiger partial charge is 0.234 e. The van der Waals surface area contributed by atoms with Crippen LogP contribution in [0.5, 0.6) is 0 Å². The minimum atomic E-state index is -0.493. The maximum absolute atomic E-state index is 14.2. The minimum absolute atomic E-state index is 0.158. The first-order valence-electron chi connectivity index (χ1n) is 5.07. The second kappa shape index (κ2) is 4.82. The third kappa shape index (κ3) is 1.98. The number of rotatable bonds is 1. The van der Waals surface area contributed by atoms with Gasteiger partial charge in [0.2, 0.25) is 0 Å². The lowest BCUT2D eigenvalue weighted by Gasteiger charge is -2.08. The van der Waals surface area contributed by atoms with Crippen molar-refractivity contribution in [3.63, 3.8) is 0 Å². The molecular weight excluding hydrogens is 365 g/mol. The van der Waals surface area contributed by atoms with Gasteiger partial charge >= 0.3 is 0 Å². The Morgan fingerprint density at radius 1 is 1.28 bits per heavy atom. The van der Waals surface area contributed by atoms with E-state index in [1.54, 1.807) is 12.1 Å². The van der Waals surface area contributed by atoms with E-state index in [-0.39, 0.29) is 10.0 Å². The van der Waals surface area contributed by atoms with Gasteiger partial charge in [-0.3, -0.25) is 0 Å². The van der Waals surface area contributed by atoms with Gasteiger partial charge in [-0.05, 0) is 57.8 Å². The Hall–Kier alpha value is -1.19. The van der Waals surface area contributed by atoms with E-state index in [0.29, 0.717) is 5.69 Å². The molecule has 0 unspecified atom stereocenters. The molecule has 0 aliphatic rings. The van der Waals surface area contributed by atoms with E-state index < -0.39 is 5.82 Å². The van der Waals surface area contributed by atoms with Crippen LogP contribution in [0.1, 0.15) is 17.0 Å². The van der Waals surface area contributed by atoms with E-state index in [1.165, 1.54) is 4.68 Å². The van der Waals surface area contributed by atoms with Crippen LogP contribution in [-0.2, 0) is 0 Å². The first-order chi connectivity index (χ1) is 8.47. The van der Waals surface area contributed by atoms with Crippen LogP contribution in [0.15, 0.2) is 21.1 Å². The third-order valence-electron chi connectivity index (χ3n) is 2.61. The van der Waals surface area contributed by atoms with Crippen molar-refractivity contribution in [1.29, 1.82) is 5.26 Å². The summed E-state index contributed by atoms with van der Waals surface area (Å²) >= 11 is 6.49. The first-order valence-corrected chi connectivity index (χ1v) is 6.66. The van der Waals surface area contributed by atoms with Gasteiger partial charge in [0.25, 0.3) is 0 Å². The van der Waals surface area contributed by atoms with E-state index in [1.807, 2.05) is 19.9 Å². The average molecular weight is 373 g/mol. The highest BCUT2D eigenvalue weighted by Gasteiger charge is 2.17. The van der Waals surface area contributed by atoms with Gasteiger partial charge in [-0.2, -0.15) is 10.4 Å². The molecule has 0 N–H and O–H groups in total. The average Bonchev–Trinajstić information content (AvgIpc) is 2.60. The Morgan fingerprint density at radius 3 is 2.44 bits per heavy atom. The molecule has 1 aromatic carbocycles. The highest BCUT2D eigenvalue weighted by Crippen LogP contribution is 2.29. The molecule has 0 saturated carbocycles. The summed E-state index contributed by atoms with van der Waals surface area (Å²) in [7, 11) is 0. The molecule has 0 aliphatic carbocycles. The molecule has 0 fully saturated rings. The summed E-state index contributed by atoms with van der Waals surface area (Å²) in [6.45, 7) is 3.68. The van der Waals surface area contributed by atoms with E-state index in [4.69, 9.17) is 5.26 Å². The van der Waals surface area contributed by atoms with E-state index in [0.717, 1.165) is 15.9 Å². The van der Waals surface area contributed by atoms with Gasteiger partial charge in [0.1, 0.15) is 11.8 Å². The molecular formula is C12H8Br2FN3. The summed E-state index contributed by atoms with van der Waals surface area (Å²) in [4.78, 5) is 0. The molecule has 1 aromatic heterocycles. The molecule has 0 aliphatic heterocycles. The molecule has 1 heterocycles. The maximum atomic E-state index is 14.2. The topological polar surface area (TPSA) is 41.6 Å². The fourth-order valence-electron chi connectivity index (χ4n) is 1.65. The number of benzene rings is 1.